The molecule has 1 saturated heterocycles. The van der Waals surface area contributed by atoms with E-state index in [9.17, 15) is 4.79 Å². The Balaban J connectivity index is 1.43. The minimum Gasteiger partial charge on any atom is -0.365 e. The highest BCUT2D eigenvalue weighted by Gasteiger charge is 2.44. The number of hydrogen-bond acceptors (Lipinski definition) is 2. The zero-order valence-electron chi connectivity index (χ0n) is 11.9. The Labute approximate surface area is 124 Å². The first-order valence-electron chi connectivity index (χ1n) is 7.65. The molecule has 2 aromatic rings. The van der Waals surface area contributed by atoms with Gasteiger partial charge in [0.15, 0.2) is 5.78 Å². The predicted octanol–water partition coefficient (Wildman–Crippen LogP) is 4.48. The number of carbonyl (C=O) groups excluding carboxylic acids is 1. The van der Waals surface area contributed by atoms with Crippen LogP contribution in [0, 0.1) is 5.92 Å². The van der Waals surface area contributed by atoms with E-state index < -0.39 is 0 Å². The maximum Gasteiger partial charge on any atom is 0.162 e. The third-order valence-electron chi connectivity index (χ3n) is 4.74. The summed E-state index contributed by atoms with van der Waals surface area (Å²) in [5.41, 5.74) is 3.51. The van der Waals surface area contributed by atoms with E-state index in [2.05, 4.69) is 24.3 Å². The summed E-state index contributed by atoms with van der Waals surface area (Å²) < 4.78 is 6.08. The van der Waals surface area contributed by atoms with Crippen molar-refractivity contribution in [2.45, 2.75) is 31.5 Å². The number of ketones is 1. The Hall–Kier alpha value is -1.93. The average molecular weight is 278 g/mol. The van der Waals surface area contributed by atoms with Crippen LogP contribution in [0.5, 0.6) is 0 Å². The fourth-order valence-electron chi connectivity index (χ4n) is 3.69. The molecule has 2 bridgehead atoms. The summed E-state index contributed by atoms with van der Waals surface area (Å²) in [7, 11) is 0. The number of benzene rings is 2. The fourth-order valence-corrected chi connectivity index (χ4v) is 3.69. The first kappa shape index (κ1) is 12.8. The summed E-state index contributed by atoms with van der Waals surface area (Å²) in [6.07, 6.45) is 3.05. The van der Waals surface area contributed by atoms with Crippen molar-refractivity contribution in [1.29, 1.82) is 0 Å². The summed E-state index contributed by atoms with van der Waals surface area (Å²) in [4.78, 5) is 12.2. The molecule has 2 heterocycles. The lowest BCUT2D eigenvalue weighted by Gasteiger charge is -2.20. The summed E-state index contributed by atoms with van der Waals surface area (Å²) in [6, 6.07) is 18.1. The molecule has 1 fully saturated rings. The SMILES string of the molecule is O=C(CC[C@@H]1C[C@@H]2O[C@H]1c1ccccc12)c1ccccc1. The summed E-state index contributed by atoms with van der Waals surface area (Å²) in [5.74, 6) is 0.726. The number of rotatable bonds is 4. The van der Waals surface area contributed by atoms with Crippen LogP contribution in [0.25, 0.3) is 0 Å². The van der Waals surface area contributed by atoms with Crippen LogP contribution in [0.1, 0.15) is 53.0 Å². The molecule has 2 aliphatic heterocycles. The van der Waals surface area contributed by atoms with Crippen molar-refractivity contribution >= 4 is 5.78 Å². The van der Waals surface area contributed by atoms with Gasteiger partial charge in [-0.3, -0.25) is 4.79 Å². The second-order valence-corrected chi connectivity index (χ2v) is 6.00. The van der Waals surface area contributed by atoms with Crippen molar-refractivity contribution in [3.8, 4) is 0 Å². The lowest BCUT2D eigenvalue weighted by atomic mass is 9.81. The van der Waals surface area contributed by atoms with Gasteiger partial charge in [0.25, 0.3) is 0 Å². The summed E-state index contributed by atoms with van der Waals surface area (Å²) >= 11 is 0. The Morgan fingerprint density at radius 3 is 2.52 bits per heavy atom. The molecule has 2 aliphatic rings. The minimum absolute atomic E-state index is 0.203. The molecular formula is C19H18O2. The zero-order chi connectivity index (χ0) is 14.2. The molecule has 0 aromatic heterocycles. The first-order valence-corrected chi connectivity index (χ1v) is 7.65. The molecule has 2 nitrogen and oxygen atoms in total. The molecule has 0 amide bonds. The van der Waals surface area contributed by atoms with E-state index in [1.54, 1.807) is 0 Å². The van der Waals surface area contributed by atoms with E-state index in [0.29, 0.717) is 12.3 Å². The van der Waals surface area contributed by atoms with Gasteiger partial charge in [-0.2, -0.15) is 0 Å². The van der Waals surface area contributed by atoms with Gasteiger partial charge < -0.3 is 4.74 Å². The van der Waals surface area contributed by atoms with Crippen LogP contribution < -0.4 is 0 Å². The highest BCUT2D eigenvalue weighted by molar-refractivity contribution is 5.95. The van der Waals surface area contributed by atoms with Crippen LogP contribution in [-0.2, 0) is 4.74 Å². The molecule has 2 aromatic carbocycles. The Morgan fingerprint density at radius 2 is 1.71 bits per heavy atom. The molecule has 106 valence electrons. The second kappa shape index (κ2) is 5.12. The van der Waals surface area contributed by atoms with Crippen LogP contribution in [0.15, 0.2) is 54.6 Å². The van der Waals surface area contributed by atoms with E-state index in [-0.39, 0.29) is 18.0 Å². The molecular weight excluding hydrogens is 260 g/mol. The number of fused-ring (bicyclic) bond motifs is 5. The summed E-state index contributed by atoms with van der Waals surface area (Å²) in [5, 5.41) is 0. The Bertz CT molecular complexity index is 662. The highest BCUT2D eigenvalue weighted by atomic mass is 16.5. The van der Waals surface area contributed by atoms with Crippen LogP contribution in [0.2, 0.25) is 0 Å². The molecule has 3 atom stereocenters. The lowest BCUT2D eigenvalue weighted by Crippen LogP contribution is -2.12. The van der Waals surface area contributed by atoms with Crippen LogP contribution >= 0.6 is 0 Å². The number of ether oxygens (including phenoxy) is 1. The molecule has 4 rings (SSSR count). The molecule has 0 radical (unpaired) electrons. The molecule has 21 heavy (non-hydrogen) atoms. The third-order valence-corrected chi connectivity index (χ3v) is 4.74. The zero-order valence-corrected chi connectivity index (χ0v) is 11.9. The number of Topliss-reactive ketones (excluding diaryl/α,β-unsaturated/α-hetero) is 1. The standard InChI is InChI=1S/C19H18O2/c20-17(13-6-2-1-3-7-13)11-10-14-12-18-15-8-4-5-9-16(15)19(14)21-18/h1-9,14,18-19H,10-12H2/t14-,18+,19-/m1/s1. The van der Waals surface area contributed by atoms with Crippen molar-refractivity contribution in [3.05, 3.63) is 71.3 Å². The van der Waals surface area contributed by atoms with Gasteiger partial charge in [-0.05, 0) is 29.9 Å². The van der Waals surface area contributed by atoms with E-state index in [4.69, 9.17) is 4.74 Å². The number of carbonyl (C=O) groups is 1. The summed E-state index contributed by atoms with van der Waals surface area (Å²) in [6.45, 7) is 0. The van der Waals surface area contributed by atoms with Crippen LogP contribution in [0.4, 0.5) is 0 Å². The molecule has 0 saturated carbocycles. The van der Waals surface area contributed by atoms with Crippen molar-refractivity contribution in [2.24, 2.45) is 5.92 Å². The van der Waals surface area contributed by atoms with E-state index in [1.165, 1.54) is 11.1 Å². The van der Waals surface area contributed by atoms with Crippen molar-refractivity contribution in [1.82, 2.24) is 0 Å². The maximum atomic E-state index is 12.2. The maximum absolute atomic E-state index is 12.2. The van der Waals surface area contributed by atoms with Gasteiger partial charge in [-0.25, -0.2) is 0 Å². The topological polar surface area (TPSA) is 26.3 Å². The smallest absolute Gasteiger partial charge is 0.162 e. The third kappa shape index (κ3) is 2.20. The van der Waals surface area contributed by atoms with Crippen LogP contribution in [0.3, 0.4) is 0 Å². The van der Waals surface area contributed by atoms with Crippen molar-refractivity contribution in [3.63, 3.8) is 0 Å². The molecule has 2 heteroatoms. The van der Waals surface area contributed by atoms with Gasteiger partial charge in [-0.15, -0.1) is 0 Å². The number of hydrogen-bond donors (Lipinski definition) is 0. The minimum atomic E-state index is 0.203. The van der Waals surface area contributed by atoms with Gasteiger partial charge in [0.1, 0.15) is 0 Å². The average Bonchev–Trinajstić information content (AvgIpc) is 3.12. The lowest BCUT2D eigenvalue weighted by molar-refractivity contribution is 0.0582. The molecule has 0 aliphatic carbocycles. The van der Waals surface area contributed by atoms with Crippen LogP contribution in [-0.4, -0.2) is 5.78 Å². The van der Waals surface area contributed by atoms with Crippen molar-refractivity contribution in [2.75, 3.05) is 0 Å². The fraction of sp³-hybridized carbons (Fsp3) is 0.316. The molecule has 0 spiro atoms. The van der Waals surface area contributed by atoms with E-state index in [0.717, 1.165) is 18.4 Å². The van der Waals surface area contributed by atoms with Crippen molar-refractivity contribution < 1.29 is 9.53 Å². The highest BCUT2D eigenvalue weighted by Crippen LogP contribution is 2.54. The van der Waals surface area contributed by atoms with E-state index in [1.807, 2.05) is 30.3 Å². The Kier molecular flexibility index (Phi) is 3.12. The van der Waals surface area contributed by atoms with Gasteiger partial charge in [0, 0.05) is 12.0 Å². The van der Waals surface area contributed by atoms with Gasteiger partial charge in [0.2, 0.25) is 0 Å². The molecule has 0 N–H and O–H groups in total. The largest absolute Gasteiger partial charge is 0.365 e. The van der Waals surface area contributed by atoms with E-state index >= 15 is 0 Å². The normalized spacial score (nSPS) is 25.8. The van der Waals surface area contributed by atoms with Gasteiger partial charge in [0.05, 0.1) is 12.2 Å². The quantitative estimate of drug-likeness (QED) is 0.771. The second-order valence-electron chi connectivity index (χ2n) is 6.00. The van der Waals surface area contributed by atoms with Gasteiger partial charge >= 0.3 is 0 Å². The first-order chi connectivity index (χ1) is 10.3. The molecule has 0 unspecified atom stereocenters. The predicted molar refractivity (Wildman–Crippen MR) is 81.1 cm³/mol. The Morgan fingerprint density at radius 1 is 1.00 bits per heavy atom. The van der Waals surface area contributed by atoms with Gasteiger partial charge in [-0.1, -0.05) is 54.6 Å². The monoisotopic (exact) mass is 278 g/mol.